The van der Waals surface area contributed by atoms with E-state index in [0.717, 1.165) is 0 Å². The third-order valence-electron chi connectivity index (χ3n) is 2.63. The fraction of sp³-hybridized carbons (Fsp3) is 0.462. The molecule has 2 unspecified atom stereocenters. The van der Waals surface area contributed by atoms with Crippen LogP contribution < -0.4 is 5.32 Å². The summed E-state index contributed by atoms with van der Waals surface area (Å²) < 4.78 is 0. The second-order valence-electron chi connectivity index (χ2n) is 4.09. The first-order valence-corrected chi connectivity index (χ1v) is 7.43. The van der Waals surface area contributed by atoms with Crippen molar-refractivity contribution in [3.63, 3.8) is 0 Å². The number of hydrogen-bond donors (Lipinski definition) is 2. The molecule has 0 radical (unpaired) electrons. The summed E-state index contributed by atoms with van der Waals surface area (Å²) in [5.41, 5.74) is 0.636. The molecule has 100 valence electrons. The zero-order valence-electron chi connectivity index (χ0n) is 10.5. The minimum atomic E-state index is -0.771. The van der Waals surface area contributed by atoms with Gasteiger partial charge >= 0.3 is 0 Å². The Morgan fingerprint density at radius 3 is 2.78 bits per heavy atom. The van der Waals surface area contributed by atoms with Crippen LogP contribution in [0.4, 0.5) is 0 Å². The van der Waals surface area contributed by atoms with Gasteiger partial charge in [0, 0.05) is 28.8 Å². The number of benzene rings is 1. The molecule has 0 bridgehead atoms. The zero-order valence-corrected chi connectivity index (χ0v) is 12.1. The van der Waals surface area contributed by atoms with Crippen LogP contribution in [0.5, 0.6) is 0 Å². The molecule has 1 rings (SSSR count). The molecular formula is C13H18ClNO2S. The van der Waals surface area contributed by atoms with E-state index in [1.165, 1.54) is 0 Å². The highest BCUT2D eigenvalue weighted by molar-refractivity contribution is 7.99. The Kier molecular flexibility index (Phi) is 6.54. The smallest absolute Gasteiger partial charge is 0.221 e. The first-order valence-electron chi connectivity index (χ1n) is 5.76. The predicted octanol–water partition coefficient (Wildman–Crippen LogP) is 2.63. The van der Waals surface area contributed by atoms with Gasteiger partial charge in [-0.2, -0.15) is 11.8 Å². The number of aliphatic hydroxyl groups is 1. The molecule has 1 amide bonds. The second kappa shape index (κ2) is 7.67. The number of hydrogen-bond acceptors (Lipinski definition) is 3. The lowest BCUT2D eigenvalue weighted by molar-refractivity contribution is -0.121. The van der Waals surface area contributed by atoms with Gasteiger partial charge in [0.25, 0.3) is 0 Å². The highest BCUT2D eigenvalue weighted by atomic mass is 35.5. The van der Waals surface area contributed by atoms with Crippen LogP contribution >= 0.6 is 23.4 Å². The Morgan fingerprint density at radius 2 is 2.17 bits per heavy atom. The van der Waals surface area contributed by atoms with E-state index in [9.17, 15) is 9.90 Å². The van der Waals surface area contributed by atoms with Gasteiger partial charge in [0.05, 0.1) is 6.10 Å². The lowest BCUT2D eigenvalue weighted by atomic mass is 10.1. The van der Waals surface area contributed by atoms with Crippen LogP contribution in [0.3, 0.4) is 0 Å². The van der Waals surface area contributed by atoms with Crippen LogP contribution in [0.2, 0.25) is 5.02 Å². The average molecular weight is 288 g/mol. The first-order chi connectivity index (χ1) is 8.54. The van der Waals surface area contributed by atoms with Gasteiger partial charge in [0.15, 0.2) is 0 Å². The summed E-state index contributed by atoms with van der Waals surface area (Å²) in [5, 5.41) is 13.4. The maximum Gasteiger partial charge on any atom is 0.221 e. The minimum absolute atomic E-state index is 0.0528. The molecule has 0 spiro atoms. The molecule has 0 heterocycles. The molecule has 18 heavy (non-hydrogen) atoms. The van der Waals surface area contributed by atoms with E-state index in [4.69, 9.17) is 11.6 Å². The van der Waals surface area contributed by atoms with Gasteiger partial charge in [0.1, 0.15) is 0 Å². The van der Waals surface area contributed by atoms with Crippen molar-refractivity contribution < 1.29 is 9.90 Å². The molecule has 0 saturated heterocycles. The summed E-state index contributed by atoms with van der Waals surface area (Å²) in [6.07, 6.45) is 1.65. The highest BCUT2D eigenvalue weighted by Crippen LogP contribution is 2.21. The molecule has 1 aromatic carbocycles. The van der Waals surface area contributed by atoms with E-state index in [2.05, 4.69) is 5.32 Å². The third-order valence-corrected chi connectivity index (χ3v) is 3.95. The third kappa shape index (κ3) is 4.88. The number of carbonyl (C=O) groups is 1. The molecule has 0 fully saturated rings. The van der Waals surface area contributed by atoms with Crippen LogP contribution in [0.1, 0.15) is 25.0 Å². The maximum absolute atomic E-state index is 11.6. The van der Waals surface area contributed by atoms with Crippen LogP contribution in [-0.4, -0.2) is 29.1 Å². The Balaban J connectivity index is 2.44. The van der Waals surface area contributed by atoms with Gasteiger partial charge in [0.2, 0.25) is 5.91 Å². The summed E-state index contributed by atoms with van der Waals surface area (Å²) in [5.74, 6) is -0.0528. The van der Waals surface area contributed by atoms with Crippen molar-refractivity contribution in [2.45, 2.75) is 24.7 Å². The molecule has 0 aliphatic heterocycles. The van der Waals surface area contributed by atoms with Gasteiger partial charge in [-0.3, -0.25) is 4.79 Å². The minimum Gasteiger partial charge on any atom is -0.387 e. The summed E-state index contributed by atoms with van der Waals surface area (Å²) >= 11 is 7.61. The number of carbonyl (C=O) groups excluding carboxylic acids is 1. The standard InChI is InChI=1S/C13H18ClNO2S/c1-9(18-2)7-13(17)15-8-12(16)10-5-3-4-6-11(10)14/h3-6,9,12,16H,7-8H2,1-2H3,(H,15,17). The maximum atomic E-state index is 11.6. The average Bonchev–Trinajstić information content (AvgIpc) is 2.36. The summed E-state index contributed by atoms with van der Waals surface area (Å²) in [6, 6.07) is 7.08. The molecule has 0 aliphatic carbocycles. The molecule has 2 atom stereocenters. The number of thioether (sulfide) groups is 1. The van der Waals surface area contributed by atoms with Gasteiger partial charge < -0.3 is 10.4 Å². The van der Waals surface area contributed by atoms with Crippen molar-refractivity contribution in [3.05, 3.63) is 34.9 Å². The van der Waals surface area contributed by atoms with Crippen LogP contribution in [0.25, 0.3) is 0 Å². The molecule has 0 aromatic heterocycles. The molecule has 2 N–H and O–H groups in total. The fourth-order valence-corrected chi connectivity index (χ4v) is 2.06. The number of amides is 1. The van der Waals surface area contributed by atoms with Crippen LogP contribution in [0.15, 0.2) is 24.3 Å². The van der Waals surface area contributed by atoms with E-state index < -0.39 is 6.10 Å². The molecule has 0 saturated carbocycles. The van der Waals surface area contributed by atoms with Crippen molar-refractivity contribution in [3.8, 4) is 0 Å². The van der Waals surface area contributed by atoms with E-state index >= 15 is 0 Å². The second-order valence-corrected chi connectivity index (χ2v) is 5.78. The van der Waals surface area contributed by atoms with Gasteiger partial charge in [-0.1, -0.05) is 36.7 Å². The summed E-state index contributed by atoms with van der Waals surface area (Å²) in [7, 11) is 0. The largest absolute Gasteiger partial charge is 0.387 e. The topological polar surface area (TPSA) is 49.3 Å². The van der Waals surface area contributed by atoms with E-state index in [1.807, 2.05) is 19.2 Å². The van der Waals surface area contributed by atoms with Crippen LogP contribution in [0, 0.1) is 0 Å². The fourth-order valence-electron chi connectivity index (χ4n) is 1.48. The molecule has 3 nitrogen and oxygen atoms in total. The Labute approximate surface area is 117 Å². The quantitative estimate of drug-likeness (QED) is 0.846. The lowest BCUT2D eigenvalue weighted by Gasteiger charge is -2.14. The van der Waals surface area contributed by atoms with E-state index in [1.54, 1.807) is 30.0 Å². The van der Waals surface area contributed by atoms with Gasteiger partial charge in [-0.05, 0) is 12.3 Å². The molecule has 0 aliphatic rings. The summed E-state index contributed by atoms with van der Waals surface area (Å²) in [4.78, 5) is 11.6. The SMILES string of the molecule is CSC(C)CC(=O)NCC(O)c1ccccc1Cl. The van der Waals surface area contributed by atoms with Crippen molar-refractivity contribution in [1.29, 1.82) is 0 Å². The van der Waals surface area contributed by atoms with Crippen molar-refractivity contribution in [2.75, 3.05) is 12.8 Å². The highest BCUT2D eigenvalue weighted by Gasteiger charge is 2.13. The van der Waals surface area contributed by atoms with Crippen molar-refractivity contribution in [2.24, 2.45) is 0 Å². The number of rotatable bonds is 6. The first kappa shape index (κ1) is 15.3. The van der Waals surface area contributed by atoms with E-state index in [0.29, 0.717) is 17.0 Å². The Morgan fingerprint density at radius 1 is 1.50 bits per heavy atom. The monoisotopic (exact) mass is 287 g/mol. The Hall–Kier alpha value is -0.710. The van der Waals surface area contributed by atoms with Gasteiger partial charge in [-0.15, -0.1) is 0 Å². The molecule has 1 aromatic rings. The van der Waals surface area contributed by atoms with Crippen molar-refractivity contribution >= 4 is 29.3 Å². The number of aliphatic hydroxyl groups excluding tert-OH is 1. The lowest BCUT2D eigenvalue weighted by Crippen LogP contribution is -2.30. The number of nitrogens with one attached hydrogen (secondary N) is 1. The normalized spacial score (nSPS) is 14.0. The number of halogens is 1. The zero-order chi connectivity index (χ0) is 13.5. The van der Waals surface area contributed by atoms with E-state index in [-0.39, 0.29) is 17.7 Å². The predicted molar refractivity (Wildman–Crippen MR) is 77.0 cm³/mol. The molecular weight excluding hydrogens is 270 g/mol. The summed E-state index contributed by atoms with van der Waals surface area (Å²) in [6.45, 7) is 2.18. The molecule has 5 heteroatoms. The Bertz CT molecular complexity index is 400. The van der Waals surface area contributed by atoms with Crippen LogP contribution in [-0.2, 0) is 4.79 Å². The van der Waals surface area contributed by atoms with Crippen molar-refractivity contribution in [1.82, 2.24) is 5.32 Å². The van der Waals surface area contributed by atoms with Gasteiger partial charge in [-0.25, -0.2) is 0 Å².